The van der Waals surface area contributed by atoms with Crippen molar-refractivity contribution < 1.29 is 28.3 Å². The lowest BCUT2D eigenvalue weighted by Crippen LogP contribution is -2.28. The average molecular weight is 391 g/mol. The summed E-state index contributed by atoms with van der Waals surface area (Å²) in [4.78, 5) is 49.6. The Morgan fingerprint density at radius 1 is 1.03 bits per heavy atom. The van der Waals surface area contributed by atoms with E-state index in [1.54, 1.807) is 25.1 Å². The van der Waals surface area contributed by atoms with Gasteiger partial charge in [-0.1, -0.05) is 24.3 Å². The van der Waals surface area contributed by atoms with E-state index in [1.807, 2.05) is 18.2 Å². The van der Waals surface area contributed by atoms with Gasteiger partial charge in [0, 0.05) is 23.8 Å². The Morgan fingerprint density at radius 3 is 2.48 bits per heavy atom. The molecule has 1 aliphatic rings. The van der Waals surface area contributed by atoms with Gasteiger partial charge in [-0.3, -0.25) is 19.3 Å². The highest BCUT2D eigenvalue weighted by molar-refractivity contribution is 6.20. The molecule has 2 amide bonds. The van der Waals surface area contributed by atoms with Crippen LogP contribution in [-0.2, 0) is 14.3 Å². The van der Waals surface area contributed by atoms with E-state index in [4.69, 9.17) is 9.15 Å². The van der Waals surface area contributed by atoms with E-state index in [0.717, 1.165) is 10.3 Å². The lowest BCUT2D eigenvalue weighted by Gasteiger charge is -2.14. The predicted molar refractivity (Wildman–Crippen MR) is 104 cm³/mol. The molecule has 0 atom stereocenters. The van der Waals surface area contributed by atoms with Gasteiger partial charge in [0.2, 0.25) is 17.6 Å². The van der Waals surface area contributed by atoms with E-state index in [-0.39, 0.29) is 36.0 Å². The number of carbonyl (C=O) groups excluding carboxylic acids is 4. The summed E-state index contributed by atoms with van der Waals surface area (Å²) in [5.74, 6) is -1.64. The van der Waals surface area contributed by atoms with E-state index in [0.29, 0.717) is 16.8 Å². The molecule has 2 heterocycles. The molecule has 0 radical (unpaired) electrons. The zero-order valence-electron chi connectivity index (χ0n) is 15.6. The van der Waals surface area contributed by atoms with Crippen molar-refractivity contribution in [2.24, 2.45) is 0 Å². The zero-order chi connectivity index (χ0) is 20.5. The number of hydrogen-bond donors (Lipinski definition) is 0. The normalized spacial score (nSPS) is 13.9. The number of benzene rings is 2. The maximum absolute atomic E-state index is 12.5. The number of carbonyl (C=O) groups is 4. The first-order chi connectivity index (χ1) is 14.0. The summed E-state index contributed by atoms with van der Waals surface area (Å²) < 4.78 is 10.7. The molecule has 0 spiro atoms. The van der Waals surface area contributed by atoms with Gasteiger partial charge in [-0.15, -0.1) is 0 Å². The topological polar surface area (TPSA) is 93.9 Å². The average Bonchev–Trinajstić information content (AvgIpc) is 3.25. The third-order valence-electron chi connectivity index (χ3n) is 4.82. The molecule has 0 saturated carbocycles. The summed E-state index contributed by atoms with van der Waals surface area (Å²) >= 11 is 0. The Balaban J connectivity index is 1.48. The SMILES string of the molecule is Cc1c(C(=O)COC(=O)c2cccc(N3C(=O)CCC3=O)c2)oc2ccccc12. The van der Waals surface area contributed by atoms with E-state index >= 15 is 0 Å². The number of Topliss-reactive ketones (excluding diaryl/α,β-unsaturated/α-hetero) is 1. The van der Waals surface area contributed by atoms with Crippen LogP contribution in [-0.4, -0.2) is 30.2 Å². The number of anilines is 1. The molecule has 7 nitrogen and oxygen atoms in total. The molecule has 1 aliphatic heterocycles. The maximum atomic E-state index is 12.5. The Labute approximate surface area is 165 Å². The van der Waals surface area contributed by atoms with Crippen LogP contribution in [0.3, 0.4) is 0 Å². The van der Waals surface area contributed by atoms with Crippen molar-refractivity contribution in [2.75, 3.05) is 11.5 Å². The second kappa shape index (κ2) is 7.35. The Morgan fingerprint density at radius 2 is 1.76 bits per heavy atom. The largest absolute Gasteiger partial charge is 0.454 e. The third-order valence-corrected chi connectivity index (χ3v) is 4.82. The van der Waals surface area contributed by atoms with E-state index in [2.05, 4.69) is 0 Å². The molecule has 0 aliphatic carbocycles. The molecule has 2 aromatic carbocycles. The van der Waals surface area contributed by atoms with Crippen LogP contribution in [0.25, 0.3) is 11.0 Å². The van der Waals surface area contributed by atoms with Crippen molar-refractivity contribution in [3.63, 3.8) is 0 Å². The highest BCUT2D eigenvalue weighted by atomic mass is 16.5. The van der Waals surface area contributed by atoms with Crippen molar-refractivity contribution in [2.45, 2.75) is 19.8 Å². The van der Waals surface area contributed by atoms with Gasteiger partial charge in [0.05, 0.1) is 11.3 Å². The van der Waals surface area contributed by atoms with Gasteiger partial charge < -0.3 is 9.15 Å². The summed E-state index contributed by atoms with van der Waals surface area (Å²) in [6.45, 7) is 1.29. The Hall–Kier alpha value is -3.74. The number of amides is 2. The second-order valence-electron chi connectivity index (χ2n) is 6.72. The number of aryl methyl sites for hydroxylation is 1. The number of rotatable bonds is 5. The van der Waals surface area contributed by atoms with Gasteiger partial charge in [0.15, 0.2) is 12.4 Å². The minimum Gasteiger partial charge on any atom is -0.454 e. The summed E-state index contributed by atoms with van der Waals surface area (Å²) in [5, 5.41) is 0.829. The molecule has 0 unspecified atom stereocenters. The van der Waals surface area contributed by atoms with Crippen LogP contribution in [0.5, 0.6) is 0 Å². The summed E-state index contributed by atoms with van der Waals surface area (Å²) in [6.07, 6.45) is 0.303. The number of para-hydroxylation sites is 1. The molecular weight excluding hydrogens is 374 g/mol. The minimum absolute atomic E-state index is 0.143. The first-order valence-corrected chi connectivity index (χ1v) is 9.10. The van der Waals surface area contributed by atoms with Gasteiger partial charge in [-0.05, 0) is 31.2 Å². The monoisotopic (exact) mass is 391 g/mol. The van der Waals surface area contributed by atoms with Crippen LogP contribution >= 0.6 is 0 Å². The number of imide groups is 1. The van der Waals surface area contributed by atoms with Gasteiger partial charge in [0.1, 0.15) is 5.58 Å². The highest BCUT2D eigenvalue weighted by Crippen LogP contribution is 2.26. The van der Waals surface area contributed by atoms with E-state index in [9.17, 15) is 19.2 Å². The first-order valence-electron chi connectivity index (χ1n) is 9.10. The number of ether oxygens (including phenoxy) is 1. The summed E-state index contributed by atoms with van der Waals surface area (Å²) in [7, 11) is 0. The van der Waals surface area contributed by atoms with Crippen molar-refractivity contribution >= 4 is 40.2 Å². The predicted octanol–water partition coefficient (Wildman–Crippen LogP) is 3.43. The molecule has 7 heteroatoms. The Bertz CT molecular complexity index is 1140. The van der Waals surface area contributed by atoms with Crippen LogP contribution in [0.1, 0.15) is 39.3 Å². The van der Waals surface area contributed by atoms with Gasteiger partial charge >= 0.3 is 5.97 Å². The van der Waals surface area contributed by atoms with Crippen LogP contribution in [0.2, 0.25) is 0 Å². The first kappa shape index (κ1) is 18.6. The molecule has 1 fully saturated rings. The number of fused-ring (bicyclic) bond motifs is 1. The van der Waals surface area contributed by atoms with Crippen molar-refractivity contribution in [3.8, 4) is 0 Å². The highest BCUT2D eigenvalue weighted by Gasteiger charge is 2.30. The molecule has 146 valence electrons. The number of nitrogens with zero attached hydrogens (tertiary/aromatic N) is 1. The number of ketones is 1. The van der Waals surface area contributed by atoms with Crippen LogP contribution < -0.4 is 4.90 Å². The maximum Gasteiger partial charge on any atom is 0.338 e. The number of furan rings is 1. The third kappa shape index (κ3) is 3.42. The molecule has 0 N–H and O–H groups in total. The van der Waals surface area contributed by atoms with Gasteiger partial charge in [-0.2, -0.15) is 0 Å². The lowest BCUT2D eigenvalue weighted by molar-refractivity contribution is -0.121. The van der Waals surface area contributed by atoms with Crippen molar-refractivity contribution in [3.05, 3.63) is 65.4 Å². The number of hydrogen-bond acceptors (Lipinski definition) is 6. The zero-order valence-corrected chi connectivity index (χ0v) is 15.6. The molecular formula is C22H17NO6. The van der Waals surface area contributed by atoms with E-state index in [1.165, 1.54) is 12.1 Å². The second-order valence-corrected chi connectivity index (χ2v) is 6.72. The Kier molecular flexibility index (Phi) is 4.72. The number of esters is 1. The summed E-state index contributed by atoms with van der Waals surface area (Å²) in [6, 6.07) is 13.3. The smallest absolute Gasteiger partial charge is 0.338 e. The molecule has 0 bridgehead atoms. The molecule has 3 aromatic rings. The molecule has 29 heavy (non-hydrogen) atoms. The van der Waals surface area contributed by atoms with E-state index < -0.39 is 18.4 Å². The van der Waals surface area contributed by atoms with Crippen molar-refractivity contribution in [1.29, 1.82) is 0 Å². The fraction of sp³-hybridized carbons (Fsp3) is 0.182. The van der Waals surface area contributed by atoms with Crippen LogP contribution in [0, 0.1) is 6.92 Å². The fourth-order valence-corrected chi connectivity index (χ4v) is 3.36. The quantitative estimate of drug-likeness (QED) is 0.376. The summed E-state index contributed by atoms with van der Waals surface area (Å²) in [5.41, 5.74) is 1.73. The van der Waals surface area contributed by atoms with Crippen LogP contribution in [0.15, 0.2) is 52.9 Å². The van der Waals surface area contributed by atoms with Gasteiger partial charge in [0.25, 0.3) is 0 Å². The molecule has 4 rings (SSSR count). The fourth-order valence-electron chi connectivity index (χ4n) is 3.36. The van der Waals surface area contributed by atoms with Crippen LogP contribution in [0.4, 0.5) is 5.69 Å². The van der Waals surface area contributed by atoms with Crippen molar-refractivity contribution in [1.82, 2.24) is 0 Å². The lowest BCUT2D eigenvalue weighted by atomic mass is 10.1. The van der Waals surface area contributed by atoms with Gasteiger partial charge in [-0.25, -0.2) is 4.79 Å². The molecule has 1 aromatic heterocycles. The standard InChI is InChI=1S/C22H17NO6/c1-13-16-7-2-3-8-18(16)29-21(13)17(24)12-28-22(27)14-5-4-6-15(11-14)23-19(25)9-10-20(23)26/h2-8,11H,9-10,12H2,1H3. The minimum atomic E-state index is -0.729. The molecule has 1 saturated heterocycles.